The van der Waals surface area contributed by atoms with Gasteiger partial charge in [0.05, 0.1) is 33.2 Å². The number of hydrogen-bond donors (Lipinski definition) is 4. The van der Waals surface area contributed by atoms with Crippen LogP contribution in [0.4, 0.5) is 0 Å². The fourth-order valence-electron chi connectivity index (χ4n) is 3.00. The van der Waals surface area contributed by atoms with E-state index >= 15 is 0 Å². The molecule has 4 N–H and O–H groups in total. The zero-order valence-electron chi connectivity index (χ0n) is 21.2. The second-order valence-corrected chi connectivity index (χ2v) is 11.7. The molecule has 0 aromatic rings. The zero-order chi connectivity index (χ0) is 28.2. The molecule has 0 spiro atoms. The number of esters is 1. The number of nitrogens with one attached hydrogen (secondary N) is 3. The number of ketones is 2. The lowest BCUT2D eigenvalue weighted by Crippen LogP contribution is -2.52. The summed E-state index contributed by atoms with van der Waals surface area (Å²) in [6.07, 6.45) is -1.97. The van der Waals surface area contributed by atoms with Crippen LogP contribution in [0.5, 0.6) is 0 Å². The molecular formula is C21H34N3O11PS. The summed E-state index contributed by atoms with van der Waals surface area (Å²) in [6.45, 7) is 3.73. The number of carbonyl (C=O) groups is 6. The van der Waals surface area contributed by atoms with Crippen molar-refractivity contribution in [2.75, 3.05) is 39.2 Å². The van der Waals surface area contributed by atoms with E-state index in [1.807, 2.05) is 0 Å². The molecule has 2 amide bonds. The van der Waals surface area contributed by atoms with Gasteiger partial charge in [-0.05, 0) is 6.92 Å². The number of aliphatic hydroxyl groups is 1. The molecule has 0 aromatic heterocycles. The summed E-state index contributed by atoms with van der Waals surface area (Å²) in [7, 11) is -3.07. The quantitative estimate of drug-likeness (QED) is 0.0852. The standard InChI is InChI=1S/C21H34N3O11PS/c1-13(26)9-14(27)10-17(29)37-8-7-22-16(28)5-6-23-19(30)18-21(2,3)12-34-36(32,35-18)24-15(11-25)20(31)33-4/h15,18,25H,5-12H2,1-4H3,(H,22,28)(H,23,30)(H,24,32)/t15-,18-,36?/m0/s1. The molecule has 14 nitrogen and oxygen atoms in total. The molecule has 3 atom stereocenters. The van der Waals surface area contributed by atoms with E-state index in [9.17, 15) is 38.4 Å². The third-order valence-corrected chi connectivity index (χ3v) is 7.37. The molecule has 1 fully saturated rings. The maximum absolute atomic E-state index is 12.9. The maximum Gasteiger partial charge on any atom is 0.407 e. The van der Waals surface area contributed by atoms with Gasteiger partial charge in [-0.25, -0.2) is 9.65 Å². The van der Waals surface area contributed by atoms with Crippen molar-refractivity contribution in [1.82, 2.24) is 15.7 Å². The normalized spacial score (nSPS) is 21.4. The smallest absolute Gasteiger partial charge is 0.407 e. The van der Waals surface area contributed by atoms with Gasteiger partial charge in [0.2, 0.25) is 11.8 Å². The fraction of sp³-hybridized carbons (Fsp3) is 0.714. The summed E-state index contributed by atoms with van der Waals surface area (Å²) in [5, 5.41) is 16.3. The molecule has 1 rings (SSSR count). The molecule has 1 heterocycles. The molecule has 0 aromatic carbocycles. The Hall–Kier alpha value is -2.16. The molecule has 1 saturated heterocycles. The van der Waals surface area contributed by atoms with Crippen molar-refractivity contribution in [3.05, 3.63) is 0 Å². The van der Waals surface area contributed by atoms with E-state index in [-0.39, 0.29) is 50.5 Å². The molecule has 1 aliphatic heterocycles. The van der Waals surface area contributed by atoms with Crippen molar-refractivity contribution in [3.8, 4) is 0 Å². The second-order valence-electron chi connectivity index (χ2n) is 8.84. The topological polar surface area (TPSA) is 203 Å². The Morgan fingerprint density at radius 3 is 2.41 bits per heavy atom. The van der Waals surface area contributed by atoms with E-state index in [0.717, 1.165) is 18.9 Å². The van der Waals surface area contributed by atoms with Gasteiger partial charge in [-0.1, -0.05) is 25.6 Å². The summed E-state index contributed by atoms with van der Waals surface area (Å²) in [6, 6.07) is -1.39. The highest BCUT2D eigenvalue weighted by Gasteiger charge is 2.49. The molecule has 0 saturated carbocycles. The van der Waals surface area contributed by atoms with Gasteiger partial charge < -0.3 is 20.5 Å². The summed E-state index contributed by atoms with van der Waals surface area (Å²) in [4.78, 5) is 70.4. The van der Waals surface area contributed by atoms with Crippen molar-refractivity contribution in [1.29, 1.82) is 0 Å². The number of rotatable bonds is 15. The largest absolute Gasteiger partial charge is 0.468 e. The number of Topliss-reactive ketones (excluding diaryl/α,β-unsaturated/α-hetero) is 2. The number of ether oxygens (including phenoxy) is 1. The van der Waals surface area contributed by atoms with Gasteiger partial charge in [-0.2, -0.15) is 0 Å². The van der Waals surface area contributed by atoms with Crippen LogP contribution in [0.3, 0.4) is 0 Å². The van der Waals surface area contributed by atoms with Gasteiger partial charge in [0.1, 0.15) is 17.6 Å². The van der Waals surface area contributed by atoms with Crippen LogP contribution in [0, 0.1) is 5.41 Å². The van der Waals surface area contributed by atoms with Crippen molar-refractivity contribution < 1.29 is 52.2 Å². The van der Waals surface area contributed by atoms with Crippen molar-refractivity contribution in [3.63, 3.8) is 0 Å². The van der Waals surface area contributed by atoms with E-state index in [0.29, 0.717) is 0 Å². The van der Waals surface area contributed by atoms with Crippen LogP contribution in [0.2, 0.25) is 0 Å². The molecule has 37 heavy (non-hydrogen) atoms. The first-order chi connectivity index (χ1) is 17.2. The highest BCUT2D eigenvalue weighted by molar-refractivity contribution is 8.13. The van der Waals surface area contributed by atoms with E-state index in [2.05, 4.69) is 20.5 Å². The van der Waals surface area contributed by atoms with Crippen molar-refractivity contribution >= 4 is 54.0 Å². The summed E-state index contributed by atoms with van der Waals surface area (Å²) in [5.74, 6) is -2.48. The number of carbonyl (C=O) groups excluding carboxylic acids is 6. The molecule has 0 bridgehead atoms. The third kappa shape index (κ3) is 11.8. The first-order valence-electron chi connectivity index (χ1n) is 11.3. The molecular weight excluding hydrogens is 533 g/mol. The number of aliphatic hydroxyl groups excluding tert-OH is 1. The number of methoxy groups -OCH3 is 1. The minimum atomic E-state index is -4.16. The Morgan fingerprint density at radius 1 is 1.14 bits per heavy atom. The van der Waals surface area contributed by atoms with Crippen molar-refractivity contribution in [2.45, 2.75) is 52.2 Å². The minimum Gasteiger partial charge on any atom is -0.468 e. The molecule has 210 valence electrons. The molecule has 16 heteroatoms. The van der Waals surface area contributed by atoms with E-state index in [4.69, 9.17) is 9.05 Å². The van der Waals surface area contributed by atoms with Gasteiger partial charge in [-0.15, -0.1) is 0 Å². The van der Waals surface area contributed by atoms with E-state index in [1.165, 1.54) is 6.92 Å². The van der Waals surface area contributed by atoms with Crippen LogP contribution in [-0.2, 0) is 47.1 Å². The van der Waals surface area contributed by atoms with Crippen LogP contribution in [0.15, 0.2) is 0 Å². The van der Waals surface area contributed by atoms with Crippen LogP contribution < -0.4 is 15.7 Å². The Balaban J connectivity index is 2.46. The van der Waals surface area contributed by atoms with Crippen LogP contribution in [-0.4, -0.2) is 90.9 Å². The molecule has 1 unspecified atom stereocenters. The Labute approximate surface area is 218 Å². The predicted molar refractivity (Wildman–Crippen MR) is 131 cm³/mol. The van der Waals surface area contributed by atoms with Crippen molar-refractivity contribution in [2.24, 2.45) is 5.41 Å². The molecule has 1 aliphatic rings. The second kappa shape index (κ2) is 15.3. The zero-order valence-corrected chi connectivity index (χ0v) is 22.9. The first kappa shape index (κ1) is 32.9. The fourth-order valence-corrected chi connectivity index (χ4v) is 5.62. The lowest BCUT2D eigenvalue weighted by Gasteiger charge is -2.40. The van der Waals surface area contributed by atoms with Gasteiger partial charge in [0.25, 0.3) is 0 Å². The maximum atomic E-state index is 12.9. The molecule has 0 radical (unpaired) electrons. The van der Waals surface area contributed by atoms with Crippen LogP contribution >= 0.6 is 19.5 Å². The number of thioether (sulfide) groups is 1. The monoisotopic (exact) mass is 567 g/mol. The highest BCUT2D eigenvalue weighted by atomic mass is 32.2. The van der Waals surface area contributed by atoms with E-state index in [1.54, 1.807) is 13.8 Å². The molecule has 0 aliphatic carbocycles. The van der Waals surface area contributed by atoms with Crippen LogP contribution in [0.1, 0.15) is 40.0 Å². The Bertz CT molecular complexity index is 927. The van der Waals surface area contributed by atoms with Gasteiger partial charge in [0.15, 0.2) is 11.2 Å². The predicted octanol–water partition coefficient (Wildman–Crippen LogP) is -0.520. The number of amides is 2. The lowest BCUT2D eigenvalue weighted by molar-refractivity contribution is -0.144. The summed E-state index contributed by atoms with van der Waals surface area (Å²) < 4.78 is 28.1. The van der Waals surface area contributed by atoms with Crippen LogP contribution in [0.25, 0.3) is 0 Å². The first-order valence-corrected chi connectivity index (χ1v) is 13.9. The van der Waals surface area contributed by atoms with Gasteiger partial charge >= 0.3 is 13.7 Å². The summed E-state index contributed by atoms with van der Waals surface area (Å²) in [5.41, 5.74) is -0.905. The number of hydrogen-bond acceptors (Lipinski definition) is 12. The third-order valence-electron chi connectivity index (χ3n) is 4.91. The SMILES string of the molecule is COC(=O)[C@H](CO)NP1(=O)OCC(C)(C)[C@H](C(=O)NCCC(=O)NCCSC(=O)CC(=O)CC(C)=O)O1. The average Bonchev–Trinajstić information content (AvgIpc) is 2.81. The van der Waals surface area contributed by atoms with E-state index < -0.39 is 60.6 Å². The Kier molecular flexibility index (Phi) is 13.6. The lowest BCUT2D eigenvalue weighted by atomic mass is 9.87. The minimum absolute atomic E-state index is 0.0633. The Morgan fingerprint density at radius 2 is 1.81 bits per heavy atom. The van der Waals surface area contributed by atoms with Gasteiger partial charge in [-0.3, -0.25) is 37.8 Å². The average molecular weight is 568 g/mol. The summed E-state index contributed by atoms with van der Waals surface area (Å²) >= 11 is 0.869. The highest BCUT2D eigenvalue weighted by Crippen LogP contribution is 2.53. The van der Waals surface area contributed by atoms with Gasteiger partial charge in [0, 0.05) is 30.7 Å².